The molecule has 2 bridgehead atoms. The molecule has 1 aromatic heterocycles. The van der Waals surface area contributed by atoms with Gasteiger partial charge >= 0.3 is 6.01 Å². The van der Waals surface area contributed by atoms with Gasteiger partial charge in [0.05, 0.1) is 0 Å². The highest BCUT2D eigenvalue weighted by molar-refractivity contribution is 6.32. The molecule has 3 unspecified atom stereocenters. The van der Waals surface area contributed by atoms with Crippen molar-refractivity contribution in [2.45, 2.75) is 56.1 Å². The number of hydrogen-bond acceptors (Lipinski definition) is 7. The zero-order valence-corrected chi connectivity index (χ0v) is 23.1. The number of fused-ring (bicyclic) bond motifs is 4. The average Bonchev–Trinajstić information content (AvgIpc) is 3.52. The predicted octanol–water partition coefficient (Wildman–Crippen LogP) is 5.57. The van der Waals surface area contributed by atoms with Crippen molar-refractivity contribution < 1.29 is 18.6 Å². The van der Waals surface area contributed by atoms with Gasteiger partial charge in [0.2, 0.25) is 0 Å². The molecule has 210 valence electrons. The van der Waals surface area contributed by atoms with Crippen LogP contribution in [0.2, 0.25) is 5.02 Å². The molecule has 3 fully saturated rings. The average molecular weight is 568 g/mol. The van der Waals surface area contributed by atoms with Crippen LogP contribution >= 0.6 is 11.6 Å². The van der Waals surface area contributed by atoms with Crippen LogP contribution in [-0.4, -0.2) is 71.4 Å². The number of halogens is 3. The Morgan fingerprint density at radius 1 is 1.12 bits per heavy atom. The van der Waals surface area contributed by atoms with Gasteiger partial charge < -0.3 is 25.0 Å². The van der Waals surface area contributed by atoms with Crippen LogP contribution in [0, 0.1) is 5.82 Å². The number of hydrogen-bond donors (Lipinski definition) is 2. The summed E-state index contributed by atoms with van der Waals surface area (Å²) in [5, 5.41) is 14.8. The number of likely N-dealkylation sites (N-methyl/N-ethyl adjacent to an activating group) is 1. The first-order chi connectivity index (χ1) is 19.4. The van der Waals surface area contributed by atoms with Crippen molar-refractivity contribution in [3.63, 3.8) is 0 Å². The molecule has 3 saturated heterocycles. The van der Waals surface area contributed by atoms with Crippen LogP contribution in [0.1, 0.15) is 54.7 Å². The number of likely N-dealkylation sites (tertiary alicyclic amines) is 1. The van der Waals surface area contributed by atoms with Crippen LogP contribution in [0.3, 0.4) is 0 Å². The third-order valence-electron chi connectivity index (χ3n) is 9.04. The fourth-order valence-corrected chi connectivity index (χ4v) is 7.26. The smallest absolute Gasteiger partial charge is 0.319 e. The lowest BCUT2D eigenvalue weighted by Crippen LogP contribution is -2.51. The minimum absolute atomic E-state index is 0.0958. The summed E-state index contributed by atoms with van der Waals surface area (Å²) in [7, 11) is 2.08. The highest BCUT2D eigenvalue weighted by atomic mass is 35.5. The Morgan fingerprint density at radius 3 is 2.65 bits per heavy atom. The fraction of sp³-hybridized carbons (Fsp3) is 0.467. The summed E-state index contributed by atoms with van der Waals surface area (Å²) in [6.07, 6.45) is 4.23. The number of piperazine rings is 1. The number of allylic oxidation sites excluding steroid dienone is 1. The summed E-state index contributed by atoms with van der Waals surface area (Å²) < 4.78 is 37.6. The third-order valence-corrected chi connectivity index (χ3v) is 9.35. The predicted molar refractivity (Wildman–Crippen MR) is 151 cm³/mol. The zero-order valence-electron chi connectivity index (χ0n) is 22.3. The quantitative estimate of drug-likeness (QED) is 0.418. The number of nitrogens with zero attached hydrogens (tertiary/aromatic N) is 4. The van der Waals surface area contributed by atoms with Gasteiger partial charge in [0.25, 0.3) is 0 Å². The second-order valence-electron chi connectivity index (χ2n) is 11.5. The number of rotatable bonds is 5. The first-order valence-corrected chi connectivity index (χ1v) is 14.5. The van der Waals surface area contributed by atoms with Gasteiger partial charge in [-0.25, -0.2) is 8.78 Å². The van der Waals surface area contributed by atoms with E-state index in [0.717, 1.165) is 45.3 Å². The highest BCUT2D eigenvalue weighted by Gasteiger charge is 2.36. The molecule has 10 heteroatoms. The minimum atomic E-state index is -0.685. The molecule has 4 heterocycles. The van der Waals surface area contributed by atoms with Crippen molar-refractivity contribution in [3.05, 3.63) is 63.6 Å². The van der Waals surface area contributed by atoms with E-state index in [9.17, 15) is 9.50 Å². The van der Waals surface area contributed by atoms with Gasteiger partial charge in [0.15, 0.2) is 11.6 Å². The first kappa shape index (κ1) is 25.9. The molecule has 0 saturated carbocycles. The van der Waals surface area contributed by atoms with Crippen molar-refractivity contribution in [2.75, 3.05) is 38.2 Å². The van der Waals surface area contributed by atoms with E-state index in [1.165, 1.54) is 0 Å². The number of aromatic nitrogens is 2. The van der Waals surface area contributed by atoms with Gasteiger partial charge in [-0.1, -0.05) is 35.9 Å². The van der Waals surface area contributed by atoms with Gasteiger partial charge in [0.1, 0.15) is 23.7 Å². The summed E-state index contributed by atoms with van der Waals surface area (Å²) in [6, 6.07) is 9.62. The Balaban J connectivity index is 1.35. The van der Waals surface area contributed by atoms with E-state index in [0.29, 0.717) is 35.5 Å². The molecule has 0 spiro atoms. The SMILES string of the molecule is CN1CCC[C@H]1COc1nc(N2CC3CCC(C2)N3)c2cc(Cl)c(C3CC(O)=C(F)c4ccccc43)c(F)c2n1. The summed E-state index contributed by atoms with van der Waals surface area (Å²) in [5.74, 6) is -1.75. The first-order valence-electron chi connectivity index (χ1n) is 14.1. The molecule has 2 aromatic carbocycles. The van der Waals surface area contributed by atoms with E-state index < -0.39 is 23.3 Å². The van der Waals surface area contributed by atoms with Crippen LogP contribution in [0.5, 0.6) is 6.01 Å². The maximum Gasteiger partial charge on any atom is 0.319 e. The molecule has 4 atom stereocenters. The molecule has 40 heavy (non-hydrogen) atoms. The number of ether oxygens (including phenoxy) is 1. The van der Waals surface area contributed by atoms with Crippen LogP contribution in [0.15, 0.2) is 36.1 Å². The van der Waals surface area contributed by atoms with Crippen LogP contribution in [0.4, 0.5) is 14.6 Å². The normalized spacial score (nSPS) is 26.6. The monoisotopic (exact) mass is 567 g/mol. The lowest BCUT2D eigenvalue weighted by molar-refractivity contribution is 0.188. The Labute approximate surface area is 236 Å². The summed E-state index contributed by atoms with van der Waals surface area (Å²) in [4.78, 5) is 13.8. The van der Waals surface area contributed by atoms with Gasteiger partial charge in [-0.05, 0) is 50.9 Å². The molecule has 4 aliphatic rings. The molecular weight excluding hydrogens is 536 g/mol. The minimum Gasteiger partial charge on any atom is -0.509 e. The molecule has 7 rings (SSSR count). The summed E-state index contributed by atoms with van der Waals surface area (Å²) >= 11 is 6.82. The Hall–Kier alpha value is -3.01. The van der Waals surface area contributed by atoms with Crippen molar-refractivity contribution >= 4 is 34.1 Å². The van der Waals surface area contributed by atoms with Crippen molar-refractivity contribution in [3.8, 4) is 6.01 Å². The Bertz CT molecular complexity index is 1510. The number of nitrogens with one attached hydrogen (secondary N) is 1. The standard InChI is InChI=1S/C30H32ClF2N5O2/c1-37-10-4-5-18(37)15-40-30-35-28-22(29(36-30)38-13-16-8-9-17(14-38)34-16)11-23(31)25(27(28)33)21-12-24(39)26(32)20-7-3-2-6-19(20)21/h2-3,6-7,11,16-18,21,34,39H,4-5,8-10,12-15H2,1H3/t16?,17?,18-,21?/m0/s1. The molecule has 0 amide bonds. The molecule has 3 aromatic rings. The molecule has 7 nitrogen and oxygen atoms in total. The molecule has 0 radical (unpaired) electrons. The van der Waals surface area contributed by atoms with Crippen LogP contribution < -0.4 is 15.0 Å². The van der Waals surface area contributed by atoms with Crippen LogP contribution in [0.25, 0.3) is 16.7 Å². The topological polar surface area (TPSA) is 73.8 Å². The zero-order chi connectivity index (χ0) is 27.5. The van der Waals surface area contributed by atoms with Crippen molar-refractivity contribution in [1.29, 1.82) is 0 Å². The summed E-state index contributed by atoms with van der Waals surface area (Å²) in [5.41, 5.74) is 1.13. The lowest BCUT2D eigenvalue weighted by Gasteiger charge is -2.34. The number of benzene rings is 2. The Kier molecular flexibility index (Phi) is 6.56. The van der Waals surface area contributed by atoms with E-state index in [1.807, 2.05) is 0 Å². The second-order valence-corrected chi connectivity index (χ2v) is 12.0. The lowest BCUT2D eigenvalue weighted by atomic mass is 9.80. The summed E-state index contributed by atoms with van der Waals surface area (Å²) in [6.45, 7) is 2.94. The Morgan fingerprint density at radius 2 is 1.90 bits per heavy atom. The molecule has 2 N–H and O–H groups in total. The van der Waals surface area contributed by atoms with Gasteiger partial charge in [0, 0.05) is 65.1 Å². The van der Waals surface area contributed by atoms with Crippen molar-refractivity contribution in [1.82, 2.24) is 20.2 Å². The van der Waals surface area contributed by atoms with Crippen molar-refractivity contribution in [2.24, 2.45) is 0 Å². The molecular formula is C30H32ClF2N5O2. The third kappa shape index (κ3) is 4.39. The largest absolute Gasteiger partial charge is 0.509 e. The van der Waals surface area contributed by atoms with Gasteiger partial charge in [-0.2, -0.15) is 9.97 Å². The highest BCUT2D eigenvalue weighted by Crippen LogP contribution is 2.46. The maximum atomic E-state index is 16.7. The fourth-order valence-electron chi connectivity index (χ4n) is 6.94. The van der Waals surface area contributed by atoms with E-state index >= 15 is 4.39 Å². The van der Waals surface area contributed by atoms with Crippen LogP contribution in [-0.2, 0) is 0 Å². The van der Waals surface area contributed by atoms with E-state index in [1.54, 1.807) is 30.3 Å². The molecule has 1 aliphatic carbocycles. The van der Waals surface area contributed by atoms with Gasteiger partial charge in [-0.15, -0.1) is 0 Å². The van der Waals surface area contributed by atoms with E-state index in [4.69, 9.17) is 21.3 Å². The van der Waals surface area contributed by atoms with E-state index in [-0.39, 0.29) is 40.1 Å². The number of anilines is 1. The van der Waals surface area contributed by atoms with Gasteiger partial charge in [-0.3, -0.25) is 0 Å². The number of aliphatic hydroxyl groups is 1. The van der Waals surface area contributed by atoms with E-state index in [2.05, 4.69) is 27.1 Å². The second kappa shape index (κ2) is 10.1. The number of aliphatic hydroxyl groups excluding tert-OH is 1. The molecule has 3 aliphatic heterocycles. The maximum absolute atomic E-state index is 16.7.